The second kappa shape index (κ2) is 6.94. The molecule has 2 rings (SSSR count). The SMILES string of the molecule is CCOC(=O)C(C)(C(=O)OCC)c1ccc(C(=O)C2CC2)cc1. The maximum Gasteiger partial charge on any atom is 0.327 e. The van der Waals surface area contributed by atoms with Gasteiger partial charge in [-0.3, -0.25) is 14.4 Å². The third-order valence-electron chi connectivity index (χ3n) is 4.06. The van der Waals surface area contributed by atoms with Crippen molar-refractivity contribution >= 4 is 17.7 Å². The molecule has 0 aliphatic heterocycles. The van der Waals surface area contributed by atoms with E-state index in [9.17, 15) is 14.4 Å². The van der Waals surface area contributed by atoms with E-state index >= 15 is 0 Å². The van der Waals surface area contributed by atoms with Crippen molar-refractivity contribution in [2.75, 3.05) is 13.2 Å². The molecule has 5 nitrogen and oxygen atoms in total. The molecule has 1 aliphatic carbocycles. The van der Waals surface area contributed by atoms with Gasteiger partial charge in [0.15, 0.2) is 11.2 Å². The molecule has 0 amide bonds. The molecule has 23 heavy (non-hydrogen) atoms. The average Bonchev–Trinajstić information content (AvgIpc) is 3.39. The van der Waals surface area contributed by atoms with Crippen molar-refractivity contribution < 1.29 is 23.9 Å². The molecule has 0 radical (unpaired) electrons. The molecule has 0 spiro atoms. The van der Waals surface area contributed by atoms with Crippen molar-refractivity contribution in [2.24, 2.45) is 5.92 Å². The summed E-state index contributed by atoms with van der Waals surface area (Å²) in [5.41, 5.74) is -0.472. The second-order valence-electron chi connectivity index (χ2n) is 5.78. The van der Waals surface area contributed by atoms with E-state index in [1.807, 2.05) is 0 Å². The minimum absolute atomic E-state index is 0.116. The van der Waals surface area contributed by atoms with Gasteiger partial charge in [-0.25, -0.2) is 0 Å². The smallest absolute Gasteiger partial charge is 0.327 e. The first-order valence-corrected chi connectivity index (χ1v) is 7.94. The Kier molecular flexibility index (Phi) is 5.19. The highest BCUT2D eigenvalue weighted by Crippen LogP contribution is 2.33. The van der Waals surface area contributed by atoms with Gasteiger partial charge in [-0.05, 0) is 39.2 Å². The second-order valence-corrected chi connectivity index (χ2v) is 5.78. The molecule has 0 aromatic heterocycles. The number of carbonyl (C=O) groups is 3. The molecule has 0 atom stereocenters. The fraction of sp³-hybridized carbons (Fsp3) is 0.500. The molecule has 0 unspecified atom stereocenters. The van der Waals surface area contributed by atoms with Crippen molar-refractivity contribution in [3.63, 3.8) is 0 Å². The third kappa shape index (κ3) is 3.44. The lowest BCUT2D eigenvalue weighted by atomic mass is 9.82. The van der Waals surface area contributed by atoms with E-state index in [4.69, 9.17) is 9.47 Å². The fourth-order valence-electron chi connectivity index (χ4n) is 2.42. The van der Waals surface area contributed by atoms with E-state index in [0.29, 0.717) is 11.1 Å². The number of esters is 2. The first kappa shape index (κ1) is 17.2. The summed E-state index contributed by atoms with van der Waals surface area (Å²) in [6.45, 7) is 5.20. The molecule has 0 N–H and O–H groups in total. The molecule has 1 aliphatic rings. The van der Waals surface area contributed by atoms with Crippen molar-refractivity contribution in [3.8, 4) is 0 Å². The highest BCUT2D eigenvalue weighted by Gasteiger charge is 2.46. The van der Waals surface area contributed by atoms with Crippen LogP contribution in [0.5, 0.6) is 0 Å². The lowest BCUT2D eigenvalue weighted by Gasteiger charge is -2.25. The Bertz CT molecular complexity index is 580. The number of carbonyl (C=O) groups excluding carboxylic acids is 3. The molecule has 0 bridgehead atoms. The van der Waals surface area contributed by atoms with Crippen LogP contribution >= 0.6 is 0 Å². The summed E-state index contributed by atoms with van der Waals surface area (Å²) in [4.78, 5) is 36.7. The van der Waals surface area contributed by atoms with Crippen molar-refractivity contribution in [1.82, 2.24) is 0 Å². The number of rotatable bonds is 7. The Morgan fingerprint density at radius 3 is 1.87 bits per heavy atom. The topological polar surface area (TPSA) is 69.7 Å². The van der Waals surface area contributed by atoms with E-state index < -0.39 is 17.4 Å². The molecular formula is C18H22O5. The lowest BCUT2D eigenvalue weighted by Crippen LogP contribution is -2.43. The Morgan fingerprint density at radius 2 is 1.48 bits per heavy atom. The number of hydrogen-bond acceptors (Lipinski definition) is 5. The molecule has 1 aromatic rings. The monoisotopic (exact) mass is 318 g/mol. The number of ketones is 1. The third-order valence-corrected chi connectivity index (χ3v) is 4.06. The van der Waals surface area contributed by atoms with Gasteiger partial charge in [0.2, 0.25) is 0 Å². The van der Waals surface area contributed by atoms with Gasteiger partial charge in [0, 0.05) is 11.5 Å². The van der Waals surface area contributed by atoms with Gasteiger partial charge in [-0.2, -0.15) is 0 Å². The molecule has 0 saturated heterocycles. The van der Waals surface area contributed by atoms with Crippen molar-refractivity contribution in [1.29, 1.82) is 0 Å². The normalized spacial score (nSPS) is 14.2. The first-order chi connectivity index (χ1) is 10.9. The summed E-state index contributed by atoms with van der Waals surface area (Å²) >= 11 is 0. The van der Waals surface area contributed by atoms with Crippen LogP contribution in [0, 0.1) is 5.92 Å². The summed E-state index contributed by atoms with van der Waals surface area (Å²) in [6.07, 6.45) is 1.87. The van der Waals surface area contributed by atoms with Crippen LogP contribution in [0.3, 0.4) is 0 Å². The zero-order valence-electron chi connectivity index (χ0n) is 13.8. The van der Waals surface area contributed by atoms with Gasteiger partial charge in [0.05, 0.1) is 13.2 Å². The highest BCUT2D eigenvalue weighted by atomic mass is 16.6. The minimum atomic E-state index is -1.53. The van der Waals surface area contributed by atoms with Gasteiger partial charge in [0.1, 0.15) is 0 Å². The predicted molar refractivity (Wildman–Crippen MR) is 84.1 cm³/mol. The van der Waals surface area contributed by atoms with Gasteiger partial charge in [-0.1, -0.05) is 24.3 Å². The summed E-state index contributed by atoms with van der Waals surface area (Å²) in [7, 11) is 0. The van der Waals surface area contributed by atoms with Crippen LogP contribution in [0.25, 0.3) is 0 Å². The van der Waals surface area contributed by atoms with Crippen LogP contribution in [0.15, 0.2) is 24.3 Å². The minimum Gasteiger partial charge on any atom is -0.465 e. The average molecular weight is 318 g/mol. The van der Waals surface area contributed by atoms with E-state index in [-0.39, 0.29) is 24.9 Å². The van der Waals surface area contributed by atoms with Crippen LogP contribution in [0.1, 0.15) is 49.5 Å². The zero-order valence-corrected chi connectivity index (χ0v) is 13.8. The van der Waals surface area contributed by atoms with Crippen LogP contribution in [0.4, 0.5) is 0 Å². The Hall–Kier alpha value is -2.17. The first-order valence-electron chi connectivity index (χ1n) is 7.94. The zero-order chi connectivity index (χ0) is 17.0. The number of Topliss-reactive ketones (excluding diaryl/α,β-unsaturated/α-hetero) is 1. The van der Waals surface area contributed by atoms with E-state index in [0.717, 1.165) is 12.8 Å². The lowest BCUT2D eigenvalue weighted by molar-refractivity contribution is -0.163. The van der Waals surface area contributed by atoms with Gasteiger partial charge < -0.3 is 9.47 Å². The van der Waals surface area contributed by atoms with Crippen molar-refractivity contribution in [3.05, 3.63) is 35.4 Å². The summed E-state index contributed by atoms with van der Waals surface area (Å²) < 4.78 is 10.1. The van der Waals surface area contributed by atoms with E-state index in [2.05, 4.69) is 0 Å². The van der Waals surface area contributed by atoms with Crippen LogP contribution in [-0.4, -0.2) is 30.9 Å². The molecular weight excluding hydrogens is 296 g/mol. The Morgan fingerprint density at radius 1 is 1.00 bits per heavy atom. The fourth-order valence-corrected chi connectivity index (χ4v) is 2.42. The van der Waals surface area contributed by atoms with Gasteiger partial charge in [-0.15, -0.1) is 0 Å². The maximum absolute atomic E-state index is 12.3. The summed E-state index contributed by atoms with van der Waals surface area (Å²) in [6, 6.07) is 6.58. The van der Waals surface area contributed by atoms with E-state index in [1.54, 1.807) is 38.1 Å². The van der Waals surface area contributed by atoms with Crippen LogP contribution in [0.2, 0.25) is 0 Å². The molecule has 1 saturated carbocycles. The predicted octanol–water partition coefficient (Wildman–Crippen LogP) is 2.66. The Balaban J connectivity index is 2.32. The maximum atomic E-state index is 12.3. The molecule has 5 heteroatoms. The molecule has 124 valence electrons. The van der Waals surface area contributed by atoms with Gasteiger partial charge >= 0.3 is 11.9 Å². The van der Waals surface area contributed by atoms with Crippen LogP contribution in [-0.2, 0) is 24.5 Å². The summed E-state index contributed by atoms with van der Waals surface area (Å²) in [5, 5.41) is 0. The number of hydrogen-bond donors (Lipinski definition) is 0. The molecule has 1 fully saturated rings. The van der Waals surface area contributed by atoms with Crippen LogP contribution < -0.4 is 0 Å². The quantitative estimate of drug-likeness (QED) is 0.439. The standard InChI is InChI=1S/C18H22O5/c1-4-22-16(20)18(3,17(21)23-5-2)14-10-8-13(9-11-14)15(19)12-6-7-12/h8-12H,4-7H2,1-3H3. The number of ether oxygens (including phenoxy) is 2. The molecule has 0 heterocycles. The largest absolute Gasteiger partial charge is 0.465 e. The summed E-state index contributed by atoms with van der Waals surface area (Å²) in [5.74, 6) is -1.06. The van der Waals surface area contributed by atoms with Gasteiger partial charge in [0.25, 0.3) is 0 Å². The Labute approximate surface area is 136 Å². The van der Waals surface area contributed by atoms with E-state index in [1.165, 1.54) is 6.92 Å². The highest BCUT2D eigenvalue weighted by molar-refractivity contribution is 6.06. The van der Waals surface area contributed by atoms with Crippen molar-refractivity contribution in [2.45, 2.75) is 39.0 Å². The number of benzene rings is 1. The molecule has 1 aromatic carbocycles.